The van der Waals surface area contributed by atoms with Crippen LogP contribution in [0.5, 0.6) is 0 Å². The Balaban J connectivity index is 2.09. The zero-order chi connectivity index (χ0) is 15.2. The Bertz CT molecular complexity index is 501. The van der Waals surface area contributed by atoms with Gasteiger partial charge in [-0.1, -0.05) is 30.2 Å². The summed E-state index contributed by atoms with van der Waals surface area (Å²) in [5.74, 6) is -1.05. The van der Waals surface area contributed by atoms with E-state index in [-0.39, 0.29) is 12.5 Å². The minimum atomic E-state index is -0.755. The Labute approximate surface area is 130 Å². The number of rotatable bonds is 2. The van der Waals surface area contributed by atoms with Crippen molar-refractivity contribution in [2.24, 2.45) is 0 Å². The van der Waals surface area contributed by atoms with E-state index in [0.29, 0.717) is 18.1 Å². The van der Waals surface area contributed by atoms with Gasteiger partial charge in [0.15, 0.2) is 0 Å². The van der Waals surface area contributed by atoms with Gasteiger partial charge in [0.2, 0.25) is 0 Å². The van der Waals surface area contributed by atoms with Crippen LogP contribution in [0.4, 0.5) is 0 Å². The number of halogens is 1. The molecule has 0 bridgehead atoms. The number of carbonyl (C=O) groups is 2. The number of benzene rings is 1. The average Bonchev–Trinajstić information content (AvgIpc) is 2.73. The lowest BCUT2D eigenvalue weighted by atomic mass is 9.94. The second kappa shape index (κ2) is 7.46. The number of carbonyl (C=O) groups excluding carboxylic acids is 2. The highest BCUT2D eigenvalue weighted by Gasteiger charge is 2.28. The molecule has 4 nitrogen and oxygen atoms in total. The van der Waals surface area contributed by atoms with Crippen molar-refractivity contribution in [3.05, 3.63) is 34.9 Å². The largest absolute Gasteiger partial charge is 0.459 e. The third-order valence-electron chi connectivity index (χ3n) is 3.75. The predicted molar refractivity (Wildman–Crippen MR) is 81.3 cm³/mol. The molecule has 1 amide bonds. The Hall–Kier alpha value is -1.55. The highest BCUT2D eigenvalue weighted by molar-refractivity contribution is 6.32. The molecule has 5 heteroatoms. The van der Waals surface area contributed by atoms with Crippen LogP contribution in [0.15, 0.2) is 24.3 Å². The molecule has 0 radical (unpaired) electrons. The minimum Gasteiger partial charge on any atom is -0.459 e. The van der Waals surface area contributed by atoms with Gasteiger partial charge in [-0.15, -0.1) is 0 Å². The van der Waals surface area contributed by atoms with E-state index in [2.05, 4.69) is 0 Å². The van der Waals surface area contributed by atoms with E-state index in [0.717, 1.165) is 24.8 Å². The van der Waals surface area contributed by atoms with Gasteiger partial charge in [0, 0.05) is 24.0 Å². The summed E-state index contributed by atoms with van der Waals surface area (Å²) in [4.78, 5) is 25.3. The molecule has 1 fully saturated rings. The Morgan fingerprint density at radius 2 is 2.00 bits per heavy atom. The van der Waals surface area contributed by atoms with Gasteiger partial charge in [-0.05, 0) is 37.5 Å². The van der Waals surface area contributed by atoms with Gasteiger partial charge in [-0.3, -0.25) is 4.79 Å². The number of hydrogen-bond acceptors (Lipinski definition) is 3. The summed E-state index contributed by atoms with van der Waals surface area (Å²) in [5.41, 5.74) is 1.16. The van der Waals surface area contributed by atoms with E-state index in [1.807, 2.05) is 24.3 Å². The average molecular weight is 310 g/mol. The zero-order valence-corrected chi connectivity index (χ0v) is 12.9. The first kappa shape index (κ1) is 15.8. The Morgan fingerprint density at radius 3 is 2.67 bits per heavy atom. The zero-order valence-electron chi connectivity index (χ0n) is 12.2. The molecule has 0 saturated carbocycles. The van der Waals surface area contributed by atoms with Crippen molar-refractivity contribution in [1.82, 2.24) is 4.90 Å². The first-order valence-electron chi connectivity index (χ1n) is 7.33. The lowest BCUT2D eigenvalue weighted by Crippen LogP contribution is -2.39. The third kappa shape index (κ3) is 4.21. The highest BCUT2D eigenvalue weighted by Crippen LogP contribution is 2.27. The summed E-state index contributed by atoms with van der Waals surface area (Å²) in [6.45, 7) is 3.09. The quantitative estimate of drug-likeness (QED) is 0.623. The van der Waals surface area contributed by atoms with Crippen molar-refractivity contribution in [2.45, 2.75) is 32.1 Å². The van der Waals surface area contributed by atoms with Crippen LogP contribution >= 0.6 is 11.6 Å². The number of ether oxygens (including phenoxy) is 1. The number of hydrogen-bond donors (Lipinski definition) is 0. The molecule has 21 heavy (non-hydrogen) atoms. The predicted octanol–water partition coefficient (Wildman–Crippen LogP) is 3.00. The molecule has 1 aliphatic rings. The number of esters is 1. The molecule has 1 heterocycles. The van der Waals surface area contributed by atoms with Crippen LogP contribution < -0.4 is 0 Å². The fraction of sp³-hybridized carbons (Fsp3) is 0.500. The lowest BCUT2D eigenvalue weighted by Gasteiger charge is -2.23. The molecule has 0 N–H and O–H groups in total. The fourth-order valence-corrected chi connectivity index (χ4v) is 2.78. The van der Waals surface area contributed by atoms with E-state index < -0.39 is 11.9 Å². The summed E-state index contributed by atoms with van der Waals surface area (Å²) >= 11 is 5.91. The lowest BCUT2D eigenvalue weighted by molar-refractivity contribution is -0.159. The maximum absolute atomic E-state index is 12.1. The van der Waals surface area contributed by atoms with E-state index in [4.69, 9.17) is 16.3 Å². The molecule has 1 atom stereocenters. The van der Waals surface area contributed by atoms with Crippen molar-refractivity contribution >= 4 is 23.5 Å². The number of nitrogens with zero attached hydrogens (tertiary/aromatic N) is 1. The second-order valence-corrected chi connectivity index (χ2v) is 5.65. The van der Waals surface area contributed by atoms with Gasteiger partial charge in [-0.25, -0.2) is 4.79 Å². The second-order valence-electron chi connectivity index (χ2n) is 5.22. The first-order chi connectivity index (χ1) is 10.1. The fourth-order valence-electron chi connectivity index (χ4n) is 2.66. The summed E-state index contributed by atoms with van der Waals surface area (Å²) in [6.07, 6.45) is 2.96. The van der Waals surface area contributed by atoms with Gasteiger partial charge in [0.05, 0.1) is 6.61 Å². The van der Waals surface area contributed by atoms with Crippen LogP contribution in [0.2, 0.25) is 5.02 Å². The van der Waals surface area contributed by atoms with Crippen LogP contribution in [-0.4, -0.2) is 36.5 Å². The maximum Gasteiger partial charge on any atom is 0.397 e. The van der Waals surface area contributed by atoms with Crippen LogP contribution in [-0.2, 0) is 14.3 Å². The van der Waals surface area contributed by atoms with Crippen LogP contribution in [0.25, 0.3) is 0 Å². The molecule has 1 aromatic rings. The normalized spacial score (nSPS) is 19.0. The molecule has 1 aliphatic heterocycles. The van der Waals surface area contributed by atoms with Crippen molar-refractivity contribution in [2.75, 3.05) is 19.7 Å². The molecule has 2 rings (SSSR count). The Morgan fingerprint density at radius 1 is 1.29 bits per heavy atom. The highest BCUT2D eigenvalue weighted by atomic mass is 35.5. The number of likely N-dealkylation sites (tertiary alicyclic amines) is 1. The maximum atomic E-state index is 12.1. The van der Waals surface area contributed by atoms with Gasteiger partial charge in [0.25, 0.3) is 0 Å². The van der Waals surface area contributed by atoms with Crippen LogP contribution in [0.1, 0.15) is 37.7 Å². The summed E-state index contributed by atoms with van der Waals surface area (Å²) in [5, 5.41) is 0.701. The van der Waals surface area contributed by atoms with E-state index in [1.165, 1.54) is 0 Å². The molecule has 1 aromatic carbocycles. The first-order valence-corrected chi connectivity index (χ1v) is 7.71. The summed E-state index contributed by atoms with van der Waals surface area (Å²) in [7, 11) is 0. The smallest absolute Gasteiger partial charge is 0.397 e. The van der Waals surface area contributed by atoms with Crippen LogP contribution in [0.3, 0.4) is 0 Å². The van der Waals surface area contributed by atoms with Gasteiger partial charge in [0.1, 0.15) is 0 Å². The van der Waals surface area contributed by atoms with Crippen molar-refractivity contribution in [3.63, 3.8) is 0 Å². The Kier molecular flexibility index (Phi) is 5.62. The monoisotopic (exact) mass is 309 g/mol. The van der Waals surface area contributed by atoms with Gasteiger partial charge >= 0.3 is 11.9 Å². The number of amides is 1. The molecule has 0 aromatic heterocycles. The SMILES string of the molecule is CCOC(=O)C(=O)N1CCCCC(c2ccc(Cl)cc2)C1. The molecular formula is C16H20ClNO3. The third-order valence-corrected chi connectivity index (χ3v) is 4.00. The minimum absolute atomic E-state index is 0.221. The van der Waals surface area contributed by atoms with E-state index in [1.54, 1.807) is 11.8 Å². The standard InChI is InChI=1S/C16H20ClNO3/c1-2-21-16(20)15(19)18-10-4-3-5-13(11-18)12-6-8-14(17)9-7-12/h6-9,13H,2-5,10-11H2,1H3. The van der Waals surface area contributed by atoms with Gasteiger partial charge in [-0.2, -0.15) is 0 Å². The van der Waals surface area contributed by atoms with Crippen molar-refractivity contribution in [3.8, 4) is 0 Å². The molecule has 1 saturated heterocycles. The van der Waals surface area contributed by atoms with Crippen LogP contribution in [0, 0.1) is 0 Å². The molecule has 114 valence electrons. The van der Waals surface area contributed by atoms with Crippen molar-refractivity contribution < 1.29 is 14.3 Å². The van der Waals surface area contributed by atoms with E-state index >= 15 is 0 Å². The van der Waals surface area contributed by atoms with E-state index in [9.17, 15) is 9.59 Å². The topological polar surface area (TPSA) is 46.6 Å². The van der Waals surface area contributed by atoms with Gasteiger partial charge < -0.3 is 9.64 Å². The molecule has 0 spiro atoms. The molecule has 1 unspecified atom stereocenters. The summed E-state index contributed by atoms with van der Waals surface area (Å²) in [6, 6.07) is 7.70. The van der Waals surface area contributed by atoms with Crippen molar-refractivity contribution in [1.29, 1.82) is 0 Å². The molecule has 0 aliphatic carbocycles. The summed E-state index contributed by atoms with van der Waals surface area (Å²) < 4.78 is 4.81. The molecular weight excluding hydrogens is 290 g/mol.